The summed E-state index contributed by atoms with van der Waals surface area (Å²) in [4.78, 5) is 0. The highest BCUT2D eigenvalue weighted by molar-refractivity contribution is 5.91. The van der Waals surface area contributed by atoms with Crippen LogP contribution in [0.2, 0.25) is 0 Å². The Bertz CT molecular complexity index is 617. The van der Waals surface area contributed by atoms with Crippen molar-refractivity contribution in [3.8, 4) is 11.8 Å². The number of fused-ring (bicyclic) bond motifs is 1. The van der Waals surface area contributed by atoms with E-state index in [0.29, 0.717) is 6.42 Å². The van der Waals surface area contributed by atoms with Gasteiger partial charge in [0.1, 0.15) is 5.75 Å². The fourth-order valence-electron chi connectivity index (χ4n) is 2.34. The van der Waals surface area contributed by atoms with E-state index in [-0.39, 0.29) is 0 Å². The molecule has 2 rings (SSSR count). The van der Waals surface area contributed by atoms with E-state index in [0.717, 1.165) is 33.5 Å². The maximum absolute atomic E-state index is 8.92. The number of hydrogen-bond donors (Lipinski definition) is 0. The van der Waals surface area contributed by atoms with Gasteiger partial charge in [0.05, 0.1) is 25.1 Å². The summed E-state index contributed by atoms with van der Waals surface area (Å²) in [6.07, 6.45) is 0.440. The number of ether oxygens (including phenoxy) is 1. The van der Waals surface area contributed by atoms with Gasteiger partial charge in [0.15, 0.2) is 0 Å². The molecule has 0 amide bonds. The molecule has 0 unspecified atom stereocenters. The van der Waals surface area contributed by atoms with E-state index in [1.165, 1.54) is 0 Å². The quantitative estimate of drug-likeness (QED) is 0.792. The number of aromatic nitrogens is 1. The van der Waals surface area contributed by atoms with Gasteiger partial charge in [-0.3, -0.25) is 0 Å². The molecule has 0 aliphatic carbocycles. The highest BCUT2D eigenvalue weighted by Crippen LogP contribution is 2.33. The Hall–Kier alpha value is -1.95. The van der Waals surface area contributed by atoms with E-state index in [1.807, 2.05) is 27.0 Å². The fraction of sp³-hybridized carbons (Fsp3) is 0.357. The van der Waals surface area contributed by atoms with Crippen molar-refractivity contribution in [2.75, 3.05) is 7.11 Å². The zero-order valence-corrected chi connectivity index (χ0v) is 10.7. The Morgan fingerprint density at radius 3 is 2.65 bits per heavy atom. The van der Waals surface area contributed by atoms with Gasteiger partial charge in [0.2, 0.25) is 0 Å². The summed E-state index contributed by atoms with van der Waals surface area (Å²) in [5.41, 5.74) is 4.46. The van der Waals surface area contributed by atoms with Crippen LogP contribution >= 0.6 is 0 Å². The average molecular weight is 228 g/mol. The Morgan fingerprint density at radius 2 is 2.06 bits per heavy atom. The minimum atomic E-state index is 0.440. The first-order chi connectivity index (χ1) is 8.10. The van der Waals surface area contributed by atoms with Gasteiger partial charge in [-0.15, -0.1) is 0 Å². The second-order valence-corrected chi connectivity index (χ2v) is 4.32. The lowest BCUT2D eigenvalue weighted by molar-refractivity contribution is 0.417. The molecule has 0 bridgehead atoms. The van der Waals surface area contributed by atoms with Crippen molar-refractivity contribution in [3.05, 3.63) is 29.0 Å². The number of nitriles is 1. The molecule has 2 aromatic rings. The largest absolute Gasteiger partial charge is 0.495 e. The predicted octanol–water partition coefficient (Wildman–Crippen LogP) is 2.87. The lowest BCUT2D eigenvalue weighted by Crippen LogP contribution is -1.94. The van der Waals surface area contributed by atoms with E-state index < -0.39 is 0 Å². The van der Waals surface area contributed by atoms with Gasteiger partial charge in [-0.25, -0.2) is 0 Å². The molecule has 0 aliphatic heterocycles. The lowest BCUT2D eigenvalue weighted by Gasteiger charge is -2.06. The molecule has 0 atom stereocenters. The number of rotatable bonds is 2. The monoisotopic (exact) mass is 228 g/mol. The standard InChI is InChI=1S/C14H16N2O/c1-9-7-12-11(5-6-15)10(2)16(3)14(12)13(8-9)17-4/h7-8H,5H2,1-4H3. The van der Waals surface area contributed by atoms with Crippen molar-refractivity contribution in [1.29, 1.82) is 5.26 Å². The van der Waals surface area contributed by atoms with Crippen molar-refractivity contribution < 1.29 is 4.74 Å². The summed E-state index contributed by atoms with van der Waals surface area (Å²) in [5.74, 6) is 0.870. The molecule has 3 nitrogen and oxygen atoms in total. The van der Waals surface area contributed by atoms with Crippen LogP contribution in [0.1, 0.15) is 16.8 Å². The molecule has 0 spiro atoms. The van der Waals surface area contributed by atoms with Gasteiger partial charge < -0.3 is 9.30 Å². The molecule has 0 fully saturated rings. The SMILES string of the molecule is COc1cc(C)cc2c(CC#N)c(C)n(C)c12. The lowest BCUT2D eigenvalue weighted by atomic mass is 10.1. The summed E-state index contributed by atoms with van der Waals surface area (Å²) in [6.45, 7) is 4.09. The fourth-order valence-corrected chi connectivity index (χ4v) is 2.34. The van der Waals surface area contributed by atoms with Crippen LogP contribution in [0.15, 0.2) is 12.1 Å². The van der Waals surface area contributed by atoms with Crippen LogP contribution < -0.4 is 4.74 Å². The van der Waals surface area contributed by atoms with Crippen molar-refractivity contribution in [3.63, 3.8) is 0 Å². The Kier molecular flexibility index (Phi) is 2.81. The van der Waals surface area contributed by atoms with Gasteiger partial charge >= 0.3 is 0 Å². The number of aryl methyl sites for hydroxylation is 2. The molecule has 0 saturated carbocycles. The van der Waals surface area contributed by atoms with Crippen LogP contribution in [0.3, 0.4) is 0 Å². The van der Waals surface area contributed by atoms with E-state index in [1.54, 1.807) is 7.11 Å². The molecule has 0 aliphatic rings. The van der Waals surface area contributed by atoms with Crippen LogP contribution in [-0.2, 0) is 13.5 Å². The number of hydrogen-bond acceptors (Lipinski definition) is 2. The van der Waals surface area contributed by atoms with Crippen LogP contribution in [0.4, 0.5) is 0 Å². The molecule has 0 N–H and O–H groups in total. The number of methoxy groups -OCH3 is 1. The summed E-state index contributed by atoms with van der Waals surface area (Å²) < 4.78 is 7.53. The van der Waals surface area contributed by atoms with Crippen molar-refractivity contribution in [2.24, 2.45) is 7.05 Å². The molecule has 17 heavy (non-hydrogen) atoms. The third kappa shape index (κ3) is 1.66. The van der Waals surface area contributed by atoms with Crippen LogP contribution in [0, 0.1) is 25.2 Å². The molecule has 1 heterocycles. The zero-order valence-electron chi connectivity index (χ0n) is 10.7. The molecule has 88 valence electrons. The first kappa shape index (κ1) is 11.5. The highest BCUT2D eigenvalue weighted by Gasteiger charge is 2.15. The molecule has 3 heteroatoms. The second kappa shape index (κ2) is 4.14. The van der Waals surface area contributed by atoms with Crippen LogP contribution in [0.25, 0.3) is 10.9 Å². The maximum Gasteiger partial charge on any atom is 0.143 e. The smallest absolute Gasteiger partial charge is 0.143 e. The molecule has 1 aromatic heterocycles. The molecule has 0 saturated heterocycles. The third-order valence-electron chi connectivity index (χ3n) is 3.30. The number of benzene rings is 1. The van der Waals surface area contributed by atoms with Gasteiger partial charge in [-0.05, 0) is 37.1 Å². The van der Waals surface area contributed by atoms with Gasteiger partial charge in [0.25, 0.3) is 0 Å². The van der Waals surface area contributed by atoms with Gasteiger partial charge in [0, 0.05) is 18.1 Å². The van der Waals surface area contributed by atoms with Crippen LogP contribution in [-0.4, -0.2) is 11.7 Å². The minimum Gasteiger partial charge on any atom is -0.495 e. The van der Waals surface area contributed by atoms with E-state index in [2.05, 4.69) is 16.7 Å². The summed E-state index contributed by atoms with van der Waals surface area (Å²) in [7, 11) is 3.69. The molecule has 0 radical (unpaired) electrons. The Morgan fingerprint density at radius 1 is 1.35 bits per heavy atom. The zero-order chi connectivity index (χ0) is 12.6. The minimum absolute atomic E-state index is 0.440. The summed E-state index contributed by atoms with van der Waals surface area (Å²) in [6, 6.07) is 6.38. The van der Waals surface area contributed by atoms with Crippen LogP contribution in [0.5, 0.6) is 5.75 Å². The topological polar surface area (TPSA) is 37.9 Å². The van der Waals surface area contributed by atoms with E-state index in [4.69, 9.17) is 10.00 Å². The van der Waals surface area contributed by atoms with E-state index >= 15 is 0 Å². The predicted molar refractivity (Wildman–Crippen MR) is 68.3 cm³/mol. The normalized spacial score (nSPS) is 10.5. The van der Waals surface area contributed by atoms with Gasteiger partial charge in [-0.2, -0.15) is 5.26 Å². The average Bonchev–Trinajstić information content (AvgIpc) is 2.54. The van der Waals surface area contributed by atoms with Crippen molar-refractivity contribution in [1.82, 2.24) is 4.57 Å². The van der Waals surface area contributed by atoms with Crippen molar-refractivity contribution >= 4 is 10.9 Å². The highest BCUT2D eigenvalue weighted by atomic mass is 16.5. The molecule has 1 aromatic carbocycles. The number of nitrogens with zero attached hydrogens (tertiary/aromatic N) is 2. The summed E-state index contributed by atoms with van der Waals surface area (Å²) >= 11 is 0. The van der Waals surface area contributed by atoms with Crippen molar-refractivity contribution in [2.45, 2.75) is 20.3 Å². The van der Waals surface area contributed by atoms with Gasteiger partial charge in [-0.1, -0.05) is 0 Å². The third-order valence-corrected chi connectivity index (χ3v) is 3.30. The van der Waals surface area contributed by atoms with E-state index in [9.17, 15) is 0 Å². The second-order valence-electron chi connectivity index (χ2n) is 4.32. The molecular weight excluding hydrogens is 212 g/mol. The maximum atomic E-state index is 8.92. The first-order valence-electron chi connectivity index (χ1n) is 5.59. The Balaban J connectivity index is 2.90. The Labute approximate surface area is 101 Å². The summed E-state index contributed by atoms with van der Waals surface area (Å²) in [5, 5.41) is 10.0. The first-order valence-corrected chi connectivity index (χ1v) is 5.59. The molecular formula is C14H16N2O.